The molecule has 0 spiro atoms. The summed E-state index contributed by atoms with van der Waals surface area (Å²) in [6.07, 6.45) is 4.00. The van der Waals surface area contributed by atoms with Gasteiger partial charge in [0.05, 0.1) is 6.10 Å². The number of nitrogens with one attached hydrogen (secondary N) is 1. The molecule has 112 valence electrons. The van der Waals surface area contributed by atoms with E-state index in [2.05, 4.69) is 5.32 Å². The van der Waals surface area contributed by atoms with Crippen LogP contribution in [0.25, 0.3) is 0 Å². The van der Waals surface area contributed by atoms with Gasteiger partial charge in [-0.25, -0.2) is 4.79 Å². The molecule has 1 aromatic rings. The highest BCUT2D eigenvalue weighted by Gasteiger charge is 2.15. The van der Waals surface area contributed by atoms with Crippen LogP contribution in [0.3, 0.4) is 0 Å². The van der Waals surface area contributed by atoms with E-state index in [1.807, 2.05) is 0 Å². The van der Waals surface area contributed by atoms with Gasteiger partial charge in [-0.05, 0) is 37.1 Å². The molecule has 1 aliphatic heterocycles. The lowest BCUT2D eigenvalue weighted by atomic mass is 10.2. The molecule has 6 nitrogen and oxygen atoms in total. The van der Waals surface area contributed by atoms with E-state index in [0.29, 0.717) is 18.0 Å². The third-order valence-corrected chi connectivity index (χ3v) is 2.96. The first-order valence-corrected chi connectivity index (χ1v) is 6.70. The van der Waals surface area contributed by atoms with Crippen LogP contribution in [0, 0.1) is 0 Å². The van der Waals surface area contributed by atoms with Crippen molar-refractivity contribution in [3.63, 3.8) is 0 Å². The molecule has 2 rings (SSSR count). The second-order valence-electron chi connectivity index (χ2n) is 4.63. The minimum Gasteiger partial charge on any atom is -0.491 e. The quantitative estimate of drug-likeness (QED) is 0.781. The van der Waals surface area contributed by atoms with Crippen LogP contribution in [0.2, 0.25) is 0 Å². The lowest BCUT2D eigenvalue weighted by Gasteiger charge is -2.11. The number of aliphatic carboxylic acids is 1. The molecule has 1 aliphatic rings. The molecule has 1 saturated heterocycles. The Kier molecular flexibility index (Phi) is 5.34. The van der Waals surface area contributed by atoms with Crippen molar-refractivity contribution in [2.75, 3.05) is 18.5 Å². The maximum absolute atomic E-state index is 11.4. The Morgan fingerprint density at radius 1 is 1.33 bits per heavy atom. The average molecular weight is 291 g/mol. The van der Waals surface area contributed by atoms with Crippen LogP contribution in [0.1, 0.15) is 12.8 Å². The molecule has 1 fully saturated rings. The summed E-state index contributed by atoms with van der Waals surface area (Å²) in [7, 11) is 0. The first-order chi connectivity index (χ1) is 10.1. The number of rotatable bonds is 6. The van der Waals surface area contributed by atoms with E-state index in [4.69, 9.17) is 14.6 Å². The van der Waals surface area contributed by atoms with E-state index >= 15 is 0 Å². The lowest BCUT2D eigenvalue weighted by Crippen LogP contribution is -2.16. The van der Waals surface area contributed by atoms with Gasteiger partial charge in [-0.1, -0.05) is 0 Å². The van der Waals surface area contributed by atoms with Crippen LogP contribution in [-0.4, -0.2) is 36.3 Å². The first-order valence-electron chi connectivity index (χ1n) is 6.70. The van der Waals surface area contributed by atoms with Crippen LogP contribution in [0.5, 0.6) is 5.75 Å². The molecular formula is C15H17NO5. The van der Waals surface area contributed by atoms with E-state index in [0.717, 1.165) is 31.6 Å². The van der Waals surface area contributed by atoms with Crippen molar-refractivity contribution in [1.82, 2.24) is 0 Å². The van der Waals surface area contributed by atoms with Gasteiger partial charge in [0, 0.05) is 24.4 Å². The van der Waals surface area contributed by atoms with Crippen molar-refractivity contribution in [3.05, 3.63) is 36.4 Å². The minimum atomic E-state index is -1.16. The number of anilines is 1. The number of carboxylic acids is 1. The largest absolute Gasteiger partial charge is 0.491 e. The predicted molar refractivity (Wildman–Crippen MR) is 76.3 cm³/mol. The summed E-state index contributed by atoms with van der Waals surface area (Å²) in [5.41, 5.74) is 0.569. The van der Waals surface area contributed by atoms with Crippen LogP contribution in [0.4, 0.5) is 5.69 Å². The fourth-order valence-corrected chi connectivity index (χ4v) is 1.93. The number of ether oxygens (including phenoxy) is 2. The predicted octanol–water partition coefficient (Wildman–Crippen LogP) is 1.82. The van der Waals surface area contributed by atoms with Crippen LogP contribution < -0.4 is 10.1 Å². The van der Waals surface area contributed by atoms with Crippen LogP contribution in [0.15, 0.2) is 36.4 Å². The van der Waals surface area contributed by atoms with Gasteiger partial charge in [0.1, 0.15) is 12.4 Å². The van der Waals surface area contributed by atoms with Crippen molar-refractivity contribution < 1.29 is 24.2 Å². The Morgan fingerprint density at radius 2 is 2.10 bits per heavy atom. The number of carboxylic acid groups (broad SMARTS) is 1. The summed E-state index contributed by atoms with van der Waals surface area (Å²) in [5, 5.41) is 11.0. The molecule has 0 aromatic heterocycles. The summed E-state index contributed by atoms with van der Waals surface area (Å²) < 4.78 is 11.1. The van der Waals surface area contributed by atoms with Crippen molar-refractivity contribution >= 4 is 17.6 Å². The van der Waals surface area contributed by atoms with Crippen molar-refractivity contribution in [2.24, 2.45) is 0 Å². The van der Waals surface area contributed by atoms with Gasteiger partial charge in [0.2, 0.25) is 5.91 Å². The highest BCUT2D eigenvalue weighted by atomic mass is 16.5. The van der Waals surface area contributed by atoms with Crippen molar-refractivity contribution in [1.29, 1.82) is 0 Å². The summed E-state index contributed by atoms with van der Waals surface area (Å²) in [6.45, 7) is 1.32. The standard InChI is InChI=1S/C15H17NO5/c17-14(7-8-15(18)19)16-11-3-5-12(6-4-11)21-10-13-2-1-9-20-13/h3-8,13H,1-2,9-10H2,(H,16,17)(H,18,19)/b8-7+/t13-/m0/s1. The molecular weight excluding hydrogens is 274 g/mol. The third-order valence-electron chi connectivity index (χ3n) is 2.96. The summed E-state index contributed by atoms with van der Waals surface area (Å²) in [4.78, 5) is 21.7. The van der Waals surface area contributed by atoms with E-state index in [-0.39, 0.29) is 6.10 Å². The topological polar surface area (TPSA) is 84.9 Å². The van der Waals surface area contributed by atoms with Gasteiger partial charge in [0.15, 0.2) is 0 Å². The zero-order chi connectivity index (χ0) is 15.1. The molecule has 0 aliphatic carbocycles. The number of carbonyl (C=O) groups is 2. The molecule has 1 amide bonds. The SMILES string of the molecule is O=C(O)/C=C/C(=O)Nc1ccc(OC[C@@H]2CCCO2)cc1. The number of amides is 1. The highest BCUT2D eigenvalue weighted by Crippen LogP contribution is 2.18. The molecule has 0 radical (unpaired) electrons. The van der Waals surface area contributed by atoms with Gasteiger partial charge in [-0.15, -0.1) is 0 Å². The Bertz CT molecular complexity index is 517. The molecule has 0 unspecified atom stereocenters. The lowest BCUT2D eigenvalue weighted by molar-refractivity contribution is -0.131. The third kappa shape index (κ3) is 5.27. The Morgan fingerprint density at radius 3 is 2.71 bits per heavy atom. The molecule has 1 atom stereocenters. The van der Waals surface area contributed by atoms with E-state index < -0.39 is 11.9 Å². The zero-order valence-corrected chi connectivity index (χ0v) is 11.5. The van der Waals surface area contributed by atoms with Gasteiger partial charge >= 0.3 is 5.97 Å². The van der Waals surface area contributed by atoms with Crippen LogP contribution in [-0.2, 0) is 14.3 Å². The van der Waals surface area contributed by atoms with Crippen LogP contribution >= 0.6 is 0 Å². The molecule has 1 aromatic carbocycles. The maximum Gasteiger partial charge on any atom is 0.328 e. The number of hydrogen-bond acceptors (Lipinski definition) is 4. The van der Waals surface area contributed by atoms with Gasteiger partial charge in [-0.3, -0.25) is 4.79 Å². The maximum atomic E-state index is 11.4. The fourth-order valence-electron chi connectivity index (χ4n) is 1.93. The van der Waals surface area contributed by atoms with Gasteiger partial charge in [-0.2, -0.15) is 0 Å². The normalized spacial score (nSPS) is 17.8. The molecule has 6 heteroatoms. The molecule has 2 N–H and O–H groups in total. The molecule has 1 heterocycles. The summed E-state index contributed by atoms with van der Waals surface area (Å²) >= 11 is 0. The second kappa shape index (κ2) is 7.44. The summed E-state index contributed by atoms with van der Waals surface area (Å²) in [6, 6.07) is 6.87. The second-order valence-corrected chi connectivity index (χ2v) is 4.63. The summed E-state index contributed by atoms with van der Waals surface area (Å²) in [5.74, 6) is -0.960. The number of benzene rings is 1. The van der Waals surface area contributed by atoms with E-state index in [1.54, 1.807) is 24.3 Å². The molecule has 0 saturated carbocycles. The minimum absolute atomic E-state index is 0.158. The van der Waals surface area contributed by atoms with E-state index in [1.165, 1.54) is 0 Å². The average Bonchev–Trinajstić information content (AvgIpc) is 2.98. The van der Waals surface area contributed by atoms with Crippen molar-refractivity contribution in [2.45, 2.75) is 18.9 Å². The number of hydrogen-bond donors (Lipinski definition) is 2. The molecule has 21 heavy (non-hydrogen) atoms. The van der Waals surface area contributed by atoms with E-state index in [9.17, 15) is 9.59 Å². The highest BCUT2D eigenvalue weighted by molar-refractivity contribution is 6.02. The Balaban J connectivity index is 1.80. The Hall–Kier alpha value is -2.34. The monoisotopic (exact) mass is 291 g/mol. The fraction of sp³-hybridized carbons (Fsp3) is 0.333. The van der Waals surface area contributed by atoms with Gasteiger partial charge < -0.3 is 19.9 Å². The van der Waals surface area contributed by atoms with Gasteiger partial charge in [0.25, 0.3) is 0 Å². The first kappa shape index (κ1) is 15.1. The Labute approximate surface area is 122 Å². The van der Waals surface area contributed by atoms with Crippen molar-refractivity contribution in [3.8, 4) is 5.75 Å². The molecule has 0 bridgehead atoms. The zero-order valence-electron chi connectivity index (χ0n) is 11.5. The smallest absolute Gasteiger partial charge is 0.328 e. The number of carbonyl (C=O) groups excluding carboxylic acids is 1.